The van der Waals surface area contributed by atoms with Crippen molar-refractivity contribution in [2.24, 2.45) is 0 Å². The van der Waals surface area contributed by atoms with Gasteiger partial charge in [-0.25, -0.2) is 4.98 Å². The number of aryl methyl sites for hydroxylation is 1. The Morgan fingerprint density at radius 1 is 1.40 bits per heavy atom. The first-order valence-corrected chi connectivity index (χ1v) is 7.98. The van der Waals surface area contributed by atoms with Gasteiger partial charge in [0.2, 0.25) is 0 Å². The molecule has 0 saturated heterocycles. The van der Waals surface area contributed by atoms with E-state index in [-0.39, 0.29) is 0 Å². The highest BCUT2D eigenvalue weighted by molar-refractivity contribution is 7.07. The van der Waals surface area contributed by atoms with Gasteiger partial charge in [0.1, 0.15) is 12.4 Å². The van der Waals surface area contributed by atoms with Crippen LogP contribution in [0, 0.1) is 6.92 Å². The summed E-state index contributed by atoms with van der Waals surface area (Å²) in [5.41, 5.74) is 5.29. The van der Waals surface area contributed by atoms with Crippen molar-refractivity contribution in [3.05, 3.63) is 45.9 Å². The van der Waals surface area contributed by atoms with Gasteiger partial charge >= 0.3 is 0 Å². The third kappa shape index (κ3) is 4.05. The van der Waals surface area contributed by atoms with Gasteiger partial charge in [0.25, 0.3) is 0 Å². The van der Waals surface area contributed by atoms with Crippen LogP contribution in [0.3, 0.4) is 0 Å². The summed E-state index contributed by atoms with van der Waals surface area (Å²) < 4.78 is 5.94. The quantitative estimate of drug-likeness (QED) is 0.834. The third-order valence-corrected chi connectivity index (χ3v) is 3.83. The number of ether oxygens (including phenoxy) is 1. The first-order valence-electron chi connectivity index (χ1n) is 7.04. The Bertz CT molecular complexity index is 525. The smallest absolute Gasteiger partial charge is 0.131 e. The fourth-order valence-corrected chi connectivity index (χ4v) is 2.61. The molecule has 0 radical (unpaired) electrons. The Kier molecular flexibility index (Phi) is 5.56. The fraction of sp³-hybridized carbons (Fsp3) is 0.438. The van der Waals surface area contributed by atoms with E-state index >= 15 is 0 Å². The summed E-state index contributed by atoms with van der Waals surface area (Å²) in [6.45, 7) is 8.01. The van der Waals surface area contributed by atoms with E-state index in [1.54, 1.807) is 11.3 Å². The largest absolute Gasteiger partial charge is 0.487 e. The number of hydrogen-bond donors (Lipinski definition) is 1. The molecule has 1 aromatic carbocycles. The van der Waals surface area contributed by atoms with Crippen LogP contribution in [0.5, 0.6) is 5.75 Å². The lowest BCUT2D eigenvalue weighted by atomic mass is 10.0. The molecule has 1 aromatic heterocycles. The molecule has 0 aliphatic carbocycles. The molecular formula is C16H22N2OS. The number of nitrogens with zero attached hydrogens (tertiary/aromatic N) is 1. The number of nitrogens with one attached hydrogen (secondary N) is 1. The monoisotopic (exact) mass is 290 g/mol. The van der Waals surface area contributed by atoms with Gasteiger partial charge < -0.3 is 10.1 Å². The summed E-state index contributed by atoms with van der Waals surface area (Å²) in [5.74, 6) is 0.944. The Morgan fingerprint density at radius 3 is 2.95 bits per heavy atom. The number of thiazole rings is 1. The van der Waals surface area contributed by atoms with Crippen molar-refractivity contribution in [1.29, 1.82) is 0 Å². The van der Waals surface area contributed by atoms with Crippen molar-refractivity contribution in [2.45, 2.75) is 39.8 Å². The van der Waals surface area contributed by atoms with E-state index in [9.17, 15) is 0 Å². The van der Waals surface area contributed by atoms with Crippen molar-refractivity contribution in [3.8, 4) is 5.75 Å². The molecule has 1 atom stereocenters. The second-order valence-electron chi connectivity index (χ2n) is 4.99. The Morgan fingerprint density at radius 2 is 2.25 bits per heavy atom. The van der Waals surface area contributed by atoms with E-state index < -0.39 is 0 Å². The van der Waals surface area contributed by atoms with Crippen LogP contribution < -0.4 is 10.1 Å². The Hall–Kier alpha value is -1.39. The molecular weight excluding hydrogens is 268 g/mol. The number of hydrogen-bond acceptors (Lipinski definition) is 4. The maximum Gasteiger partial charge on any atom is 0.131 e. The minimum Gasteiger partial charge on any atom is -0.487 e. The number of benzene rings is 1. The van der Waals surface area contributed by atoms with Crippen LogP contribution >= 0.6 is 11.3 Å². The van der Waals surface area contributed by atoms with Gasteiger partial charge in [0, 0.05) is 17.0 Å². The van der Waals surface area contributed by atoms with Crippen LogP contribution in [0.1, 0.15) is 43.1 Å². The molecule has 1 unspecified atom stereocenters. The summed E-state index contributed by atoms with van der Waals surface area (Å²) in [7, 11) is 0. The van der Waals surface area contributed by atoms with E-state index in [0.29, 0.717) is 12.6 Å². The average molecular weight is 290 g/mol. The predicted molar refractivity (Wildman–Crippen MR) is 84.3 cm³/mol. The summed E-state index contributed by atoms with van der Waals surface area (Å²) in [6, 6.07) is 6.64. The van der Waals surface area contributed by atoms with E-state index in [2.05, 4.69) is 49.3 Å². The lowest BCUT2D eigenvalue weighted by Crippen LogP contribution is -2.20. The van der Waals surface area contributed by atoms with Crippen LogP contribution in [-0.4, -0.2) is 11.5 Å². The molecule has 1 heterocycles. The highest BCUT2D eigenvalue weighted by Crippen LogP contribution is 2.27. The highest BCUT2D eigenvalue weighted by atomic mass is 32.1. The second kappa shape index (κ2) is 7.41. The molecule has 20 heavy (non-hydrogen) atoms. The summed E-state index contributed by atoms with van der Waals surface area (Å²) >= 11 is 1.60. The summed E-state index contributed by atoms with van der Waals surface area (Å²) in [5, 5.41) is 5.54. The molecule has 0 spiro atoms. The van der Waals surface area contributed by atoms with Crippen molar-refractivity contribution < 1.29 is 4.74 Å². The Labute approximate surface area is 125 Å². The van der Waals surface area contributed by atoms with Gasteiger partial charge in [-0.1, -0.05) is 24.6 Å². The third-order valence-electron chi connectivity index (χ3n) is 3.19. The lowest BCUT2D eigenvalue weighted by Gasteiger charge is -2.18. The molecule has 2 aromatic rings. The van der Waals surface area contributed by atoms with E-state index in [4.69, 9.17) is 4.74 Å². The van der Waals surface area contributed by atoms with Crippen LogP contribution in [0.2, 0.25) is 0 Å². The van der Waals surface area contributed by atoms with E-state index in [1.807, 2.05) is 10.9 Å². The molecule has 108 valence electrons. The molecule has 0 aliphatic heterocycles. The van der Waals surface area contributed by atoms with E-state index in [1.165, 1.54) is 11.1 Å². The topological polar surface area (TPSA) is 34.1 Å². The van der Waals surface area contributed by atoms with Crippen LogP contribution in [0.15, 0.2) is 29.1 Å². The molecule has 2 rings (SSSR count). The SMILES string of the molecule is CCCNC(C)c1cc(C)ccc1OCc1cscn1. The summed E-state index contributed by atoms with van der Waals surface area (Å²) in [4.78, 5) is 4.25. The van der Waals surface area contributed by atoms with Crippen molar-refractivity contribution in [3.63, 3.8) is 0 Å². The molecule has 4 heteroatoms. The zero-order valence-corrected chi connectivity index (χ0v) is 13.2. The Balaban J connectivity index is 2.10. The van der Waals surface area contributed by atoms with Crippen LogP contribution in [-0.2, 0) is 6.61 Å². The zero-order valence-electron chi connectivity index (χ0n) is 12.3. The maximum atomic E-state index is 5.94. The minimum absolute atomic E-state index is 0.292. The first-order chi connectivity index (χ1) is 9.70. The molecule has 0 fully saturated rings. The van der Waals surface area contributed by atoms with Crippen molar-refractivity contribution in [2.75, 3.05) is 6.54 Å². The molecule has 0 amide bonds. The van der Waals surface area contributed by atoms with Crippen molar-refractivity contribution in [1.82, 2.24) is 10.3 Å². The second-order valence-corrected chi connectivity index (χ2v) is 5.70. The normalized spacial score (nSPS) is 12.3. The van der Waals surface area contributed by atoms with E-state index in [0.717, 1.165) is 24.4 Å². The first kappa shape index (κ1) is 15.0. The zero-order chi connectivity index (χ0) is 14.4. The lowest BCUT2D eigenvalue weighted by molar-refractivity contribution is 0.296. The van der Waals surface area contributed by atoms with Crippen LogP contribution in [0.4, 0.5) is 0 Å². The molecule has 3 nitrogen and oxygen atoms in total. The fourth-order valence-electron chi connectivity index (χ4n) is 2.07. The summed E-state index contributed by atoms with van der Waals surface area (Å²) in [6.07, 6.45) is 1.13. The van der Waals surface area contributed by atoms with Gasteiger partial charge in [-0.05, 0) is 32.9 Å². The standard InChI is InChI=1S/C16H22N2OS/c1-4-7-17-13(3)15-8-12(2)5-6-16(15)19-9-14-10-20-11-18-14/h5-6,8,10-11,13,17H,4,7,9H2,1-3H3. The van der Waals surface area contributed by atoms with Gasteiger partial charge in [-0.2, -0.15) is 0 Å². The van der Waals surface area contributed by atoms with Gasteiger partial charge in [-0.15, -0.1) is 11.3 Å². The van der Waals surface area contributed by atoms with Gasteiger partial charge in [0.05, 0.1) is 11.2 Å². The average Bonchev–Trinajstić information content (AvgIpc) is 2.96. The molecule has 0 aliphatic rings. The minimum atomic E-state index is 0.292. The van der Waals surface area contributed by atoms with Gasteiger partial charge in [-0.3, -0.25) is 0 Å². The number of rotatable bonds is 7. The van der Waals surface area contributed by atoms with Crippen LogP contribution in [0.25, 0.3) is 0 Å². The maximum absolute atomic E-state index is 5.94. The van der Waals surface area contributed by atoms with Gasteiger partial charge in [0.15, 0.2) is 0 Å². The van der Waals surface area contributed by atoms with Crippen molar-refractivity contribution >= 4 is 11.3 Å². The number of aromatic nitrogens is 1. The highest BCUT2D eigenvalue weighted by Gasteiger charge is 2.12. The predicted octanol–water partition coefficient (Wildman–Crippen LogP) is 4.09. The molecule has 0 saturated carbocycles. The molecule has 0 bridgehead atoms. The molecule has 1 N–H and O–H groups in total.